The summed E-state index contributed by atoms with van der Waals surface area (Å²) >= 11 is 6.13. The number of hydrogen-bond acceptors (Lipinski definition) is 8. The number of likely N-dealkylation sites (N-methyl/N-ethyl adjacent to an activating group) is 1. The van der Waals surface area contributed by atoms with Gasteiger partial charge in [0.05, 0.1) is 6.54 Å². The van der Waals surface area contributed by atoms with Crippen LogP contribution in [0.5, 0.6) is 5.88 Å². The Hall–Kier alpha value is -3.33. The summed E-state index contributed by atoms with van der Waals surface area (Å²) in [5, 5.41) is 5.55. The van der Waals surface area contributed by atoms with Crippen molar-refractivity contribution >= 4 is 46.1 Å². The zero-order valence-corrected chi connectivity index (χ0v) is 18.6. The molecule has 0 aliphatic rings. The summed E-state index contributed by atoms with van der Waals surface area (Å²) < 4.78 is 11.0. The van der Waals surface area contributed by atoms with Gasteiger partial charge in [0, 0.05) is 29.7 Å². The highest BCUT2D eigenvalue weighted by atomic mass is 35.5. The number of benzene rings is 1. The smallest absolute Gasteiger partial charge is 0.410 e. The number of nitrogens with one attached hydrogen (secondary N) is 1. The first-order valence-corrected chi connectivity index (χ1v) is 10.0. The molecule has 0 saturated heterocycles. The molecule has 0 radical (unpaired) electrons. The number of fused-ring (bicyclic) bond motifs is 1. The van der Waals surface area contributed by atoms with Gasteiger partial charge in [-0.25, -0.2) is 9.78 Å². The molecule has 0 saturated carbocycles. The number of hydrogen-bond donors (Lipinski definition) is 2. The third-order valence-electron chi connectivity index (χ3n) is 4.08. The summed E-state index contributed by atoms with van der Waals surface area (Å²) in [5.41, 5.74) is 5.27. The van der Waals surface area contributed by atoms with Crippen LogP contribution in [0.25, 0.3) is 10.8 Å². The SMILES string of the molecule is CN(CCOc1cc(Nc2nccc3ccc(Cl)cc23)nc(N)n1)C(=O)OC(C)(C)C. The van der Waals surface area contributed by atoms with Crippen molar-refractivity contribution in [1.82, 2.24) is 19.9 Å². The van der Waals surface area contributed by atoms with E-state index >= 15 is 0 Å². The molecule has 2 heterocycles. The summed E-state index contributed by atoms with van der Waals surface area (Å²) in [6.07, 6.45) is 1.26. The van der Waals surface area contributed by atoms with Crippen LogP contribution >= 0.6 is 11.6 Å². The number of carbonyl (C=O) groups is 1. The van der Waals surface area contributed by atoms with E-state index in [9.17, 15) is 4.79 Å². The Morgan fingerprint density at radius 1 is 1.23 bits per heavy atom. The van der Waals surface area contributed by atoms with Crippen LogP contribution in [-0.4, -0.2) is 51.7 Å². The lowest BCUT2D eigenvalue weighted by molar-refractivity contribution is 0.0277. The Balaban J connectivity index is 1.67. The average Bonchev–Trinajstić information content (AvgIpc) is 2.66. The Labute approximate surface area is 185 Å². The van der Waals surface area contributed by atoms with Gasteiger partial charge >= 0.3 is 6.09 Å². The van der Waals surface area contributed by atoms with E-state index in [1.165, 1.54) is 4.90 Å². The van der Waals surface area contributed by atoms with Gasteiger partial charge in [0.2, 0.25) is 11.8 Å². The van der Waals surface area contributed by atoms with Gasteiger partial charge < -0.3 is 25.4 Å². The summed E-state index contributed by atoms with van der Waals surface area (Å²) in [6, 6.07) is 9.04. The number of nitrogens with zero attached hydrogens (tertiary/aromatic N) is 4. The predicted octanol–water partition coefficient (Wildman–Crippen LogP) is 4.25. The largest absolute Gasteiger partial charge is 0.476 e. The molecular weight excluding hydrogens is 420 g/mol. The molecule has 3 rings (SSSR count). The molecule has 9 nitrogen and oxygen atoms in total. The van der Waals surface area contributed by atoms with E-state index in [4.69, 9.17) is 26.8 Å². The fraction of sp³-hybridized carbons (Fsp3) is 0.333. The van der Waals surface area contributed by atoms with Crippen molar-refractivity contribution < 1.29 is 14.3 Å². The topological polar surface area (TPSA) is 115 Å². The monoisotopic (exact) mass is 444 g/mol. The number of ether oxygens (including phenoxy) is 2. The second kappa shape index (κ2) is 9.22. The van der Waals surface area contributed by atoms with Crippen LogP contribution in [0, 0.1) is 0 Å². The van der Waals surface area contributed by atoms with Crippen LogP contribution in [0.3, 0.4) is 0 Å². The van der Waals surface area contributed by atoms with Crippen molar-refractivity contribution in [2.24, 2.45) is 0 Å². The van der Waals surface area contributed by atoms with Crippen LogP contribution in [0.2, 0.25) is 5.02 Å². The fourth-order valence-electron chi connectivity index (χ4n) is 2.66. The Morgan fingerprint density at radius 3 is 2.74 bits per heavy atom. The van der Waals surface area contributed by atoms with Crippen LogP contribution in [0.15, 0.2) is 36.5 Å². The van der Waals surface area contributed by atoms with E-state index in [-0.39, 0.29) is 18.4 Å². The molecule has 31 heavy (non-hydrogen) atoms. The van der Waals surface area contributed by atoms with Crippen molar-refractivity contribution in [2.45, 2.75) is 26.4 Å². The van der Waals surface area contributed by atoms with Gasteiger partial charge in [-0.3, -0.25) is 0 Å². The maximum Gasteiger partial charge on any atom is 0.410 e. The summed E-state index contributed by atoms with van der Waals surface area (Å²) in [4.78, 5) is 26.1. The summed E-state index contributed by atoms with van der Waals surface area (Å²) in [6.45, 7) is 5.95. The zero-order chi connectivity index (χ0) is 22.6. The lowest BCUT2D eigenvalue weighted by atomic mass is 10.1. The first-order chi connectivity index (χ1) is 14.6. The number of aromatic nitrogens is 3. The van der Waals surface area contributed by atoms with Gasteiger partial charge in [-0.05, 0) is 44.4 Å². The maximum absolute atomic E-state index is 12.0. The van der Waals surface area contributed by atoms with Crippen molar-refractivity contribution in [3.63, 3.8) is 0 Å². The highest BCUT2D eigenvalue weighted by Crippen LogP contribution is 2.27. The minimum absolute atomic E-state index is 0.0405. The Kier molecular flexibility index (Phi) is 6.65. The summed E-state index contributed by atoms with van der Waals surface area (Å²) in [7, 11) is 1.63. The summed E-state index contributed by atoms with van der Waals surface area (Å²) in [5.74, 6) is 1.31. The molecule has 0 unspecified atom stereocenters. The molecule has 10 heteroatoms. The van der Waals surface area contributed by atoms with Gasteiger partial charge in [-0.2, -0.15) is 9.97 Å². The number of halogens is 1. The van der Waals surface area contributed by atoms with E-state index in [0.29, 0.717) is 23.2 Å². The second-order valence-electron chi connectivity index (χ2n) is 7.85. The van der Waals surface area contributed by atoms with Crippen molar-refractivity contribution in [2.75, 3.05) is 31.2 Å². The third kappa shape index (κ3) is 6.32. The lowest BCUT2D eigenvalue weighted by Crippen LogP contribution is -2.36. The van der Waals surface area contributed by atoms with E-state index in [1.807, 2.05) is 45.0 Å². The number of carbonyl (C=O) groups excluding carboxylic acids is 1. The van der Waals surface area contributed by atoms with E-state index in [1.54, 1.807) is 19.3 Å². The first-order valence-electron chi connectivity index (χ1n) is 9.63. The van der Waals surface area contributed by atoms with Crippen LogP contribution in [0.1, 0.15) is 20.8 Å². The molecule has 164 valence electrons. The van der Waals surface area contributed by atoms with Crippen molar-refractivity contribution in [3.05, 3.63) is 41.6 Å². The number of rotatable bonds is 6. The Bertz CT molecular complexity index is 1090. The number of pyridine rings is 1. The van der Waals surface area contributed by atoms with Gasteiger partial charge in [0.15, 0.2) is 0 Å². The van der Waals surface area contributed by atoms with E-state index in [0.717, 1.165) is 10.8 Å². The van der Waals surface area contributed by atoms with Crippen molar-refractivity contribution in [1.29, 1.82) is 0 Å². The highest BCUT2D eigenvalue weighted by Gasteiger charge is 2.19. The number of nitrogen functional groups attached to an aromatic ring is 1. The van der Waals surface area contributed by atoms with Crippen LogP contribution in [0.4, 0.5) is 22.4 Å². The van der Waals surface area contributed by atoms with Gasteiger partial charge in [-0.1, -0.05) is 17.7 Å². The molecule has 0 aliphatic carbocycles. The minimum Gasteiger partial charge on any atom is -0.476 e. The van der Waals surface area contributed by atoms with Gasteiger partial charge in [0.25, 0.3) is 0 Å². The molecule has 2 aromatic heterocycles. The van der Waals surface area contributed by atoms with Crippen LogP contribution in [-0.2, 0) is 4.74 Å². The van der Waals surface area contributed by atoms with Gasteiger partial charge in [0.1, 0.15) is 23.8 Å². The zero-order valence-electron chi connectivity index (χ0n) is 17.8. The minimum atomic E-state index is -0.562. The number of amides is 1. The normalized spacial score (nSPS) is 11.3. The average molecular weight is 445 g/mol. The molecule has 3 N–H and O–H groups in total. The highest BCUT2D eigenvalue weighted by molar-refractivity contribution is 6.31. The van der Waals surface area contributed by atoms with E-state index < -0.39 is 11.7 Å². The number of nitrogens with two attached hydrogens (primary N) is 1. The van der Waals surface area contributed by atoms with E-state index in [2.05, 4.69) is 20.3 Å². The number of anilines is 3. The third-order valence-corrected chi connectivity index (χ3v) is 4.31. The molecule has 0 aliphatic heterocycles. The molecule has 3 aromatic rings. The molecule has 0 bridgehead atoms. The molecule has 0 spiro atoms. The molecule has 1 amide bonds. The first kappa shape index (κ1) is 22.4. The van der Waals surface area contributed by atoms with Crippen molar-refractivity contribution in [3.8, 4) is 5.88 Å². The molecule has 0 atom stereocenters. The molecule has 1 aromatic carbocycles. The predicted molar refractivity (Wildman–Crippen MR) is 121 cm³/mol. The fourth-order valence-corrected chi connectivity index (χ4v) is 2.83. The second-order valence-corrected chi connectivity index (χ2v) is 8.29. The molecule has 0 fully saturated rings. The Morgan fingerprint density at radius 2 is 2.00 bits per heavy atom. The van der Waals surface area contributed by atoms with Crippen LogP contribution < -0.4 is 15.8 Å². The standard InChI is InChI=1S/C21H25ClN6O3/c1-21(2,3)31-20(29)28(4)9-10-30-17-12-16(26-19(23)27-17)25-18-15-11-14(22)6-5-13(15)7-8-24-18/h5-8,11-12H,9-10H2,1-4H3,(H3,23,24,25,26,27). The lowest BCUT2D eigenvalue weighted by Gasteiger charge is -2.24. The quantitative estimate of drug-likeness (QED) is 0.579. The molecular formula is C21H25ClN6O3. The van der Waals surface area contributed by atoms with Gasteiger partial charge in [-0.15, -0.1) is 0 Å². The maximum atomic E-state index is 12.0.